The van der Waals surface area contributed by atoms with Gasteiger partial charge in [-0.2, -0.15) is 0 Å². The standard InChI is InChI=1S/C25H37N3O3/c29-24-13-10-20-19-22(11-12-23(20)26-24)31-18-6-9-25(30)28-16-14-27(15-17-28)21-7-4-2-1-3-5-8-21/h11-12,19,21H,1-10,13-18H2,(H,26,29). The van der Waals surface area contributed by atoms with Crippen LogP contribution in [0.1, 0.15) is 69.8 Å². The van der Waals surface area contributed by atoms with Gasteiger partial charge < -0.3 is 15.0 Å². The second-order valence-electron chi connectivity index (χ2n) is 9.23. The summed E-state index contributed by atoms with van der Waals surface area (Å²) in [6, 6.07) is 6.53. The molecule has 1 saturated carbocycles. The number of aryl methyl sites for hydroxylation is 1. The van der Waals surface area contributed by atoms with E-state index in [9.17, 15) is 9.59 Å². The van der Waals surface area contributed by atoms with Crippen LogP contribution in [0.25, 0.3) is 0 Å². The number of anilines is 1. The molecule has 6 nitrogen and oxygen atoms in total. The molecule has 0 bridgehead atoms. The summed E-state index contributed by atoms with van der Waals surface area (Å²) in [4.78, 5) is 28.8. The van der Waals surface area contributed by atoms with Crippen molar-refractivity contribution in [3.63, 3.8) is 0 Å². The van der Waals surface area contributed by atoms with Crippen molar-refractivity contribution in [2.45, 2.75) is 76.7 Å². The average Bonchev–Trinajstić information content (AvgIpc) is 2.76. The first-order valence-electron chi connectivity index (χ1n) is 12.3. The van der Waals surface area contributed by atoms with Gasteiger partial charge >= 0.3 is 0 Å². The number of hydrogen-bond donors (Lipinski definition) is 1. The second kappa shape index (κ2) is 11.0. The first-order chi connectivity index (χ1) is 15.2. The molecule has 4 rings (SSSR count). The Morgan fingerprint density at radius 2 is 1.74 bits per heavy atom. The van der Waals surface area contributed by atoms with E-state index < -0.39 is 0 Å². The average molecular weight is 428 g/mol. The highest BCUT2D eigenvalue weighted by Crippen LogP contribution is 2.27. The van der Waals surface area contributed by atoms with E-state index in [0.717, 1.165) is 62.1 Å². The maximum Gasteiger partial charge on any atom is 0.224 e. The summed E-state index contributed by atoms with van der Waals surface area (Å²) >= 11 is 0. The van der Waals surface area contributed by atoms with Crippen molar-refractivity contribution < 1.29 is 14.3 Å². The number of fused-ring (bicyclic) bond motifs is 1. The molecule has 0 aromatic heterocycles. The van der Waals surface area contributed by atoms with E-state index in [1.54, 1.807) is 0 Å². The zero-order valence-electron chi connectivity index (χ0n) is 18.7. The van der Waals surface area contributed by atoms with Gasteiger partial charge in [0.2, 0.25) is 11.8 Å². The zero-order chi connectivity index (χ0) is 21.5. The predicted octanol–water partition coefficient (Wildman–Crippen LogP) is 3.99. The van der Waals surface area contributed by atoms with Crippen LogP contribution in [0, 0.1) is 0 Å². The highest BCUT2D eigenvalue weighted by molar-refractivity contribution is 5.94. The molecular formula is C25H37N3O3. The number of nitrogens with one attached hydrogen (secondary N) is 1. The molecule has 1 aromatic rings. The van der Waals surface area contributed by atoms with Crippen LogP contribution in [0.4, 0.5) is 5.69 Å². The topological polar surface area (TPSA) is 61.9 Å². The Balaban J connectivity index is 1.14. The van der Waals surface area contributed by atoms with E-state index in [2.05, 4.69) is 10.2 Å². The van der Waals surface area contributed by atoms with Crippen LogP contribution in [0.15, 0.2) is 18.2 Å². The van der Waals surface area contributed by atoms with Gasteiger partial charge in [-0.25, -0.2) is 0 Å². The van der Waals surface area contributed by atoms with Crippen molar-refractivity contribution in [3.05, 3.63) is 23.8 Å². The molecule has 2 amide bonds. The molecular weight excluding hydrogens is 390 g/mol. The van der Waals surface area contributed by atoms with Crippen LogP contribution >= 0.6 is 0 Å². The molecule has 170 valence electrons. The largest absolute Gasteiger partial charge is 0.494 e. The van der Waals surface area contributed by atoms with Crippen molar-refractivity contribution in [2.24, 2.45) is 0 Å². The third-order valence-electron chi connectivity index (χ3n) is 7.03. The van der Waals surface area contributed by atoms with Gasteiger partial charge in [-0.3, -0.25) is 14.5 Å². The van der Waals surface area contributed by atoms with Crippen LogP contribution in [-0.4, -0.2) is 60.4 Å². The third kappa shape index (κ3) is 6.22. The lowest BCUT2D eigenvalue weighted by Crippen LogP contribution is -2.52. The first-order valence-corrected chi connectivity index (χ1v) is 12.3. The normalized spacial score (nSPS) is 21.0. The second-order valence-corrected chi connectivity index (χ2v) is 9.23. The summed E-state index contributed by atoms with van der Waals surface area (Å²) in [5.41, 5.74) is 2.01. The zero-order valence-corrected chi connectivity index (χ0v) is 18.7. The Morgan fingerprint density at radius 3 is 2.52 bits per heavy atom. The quantitative estimate of drug-likeness (QED) is 0.698. The Kier molecular flexibility index (Phi) is 7.84. The molecule has 1 aliphatic carbocycles. The van der Waals surface area contributed by atoms with Gasteiger partial charge in [0.05, 0.1) is 6.61 Å². The molecule has 1 aromatic carbocycles. The number of carbonyl (C=O) groups is 2. The van der Waals surface area contributed by atoms with Crippen LogP contribution < -0.4 is 10.1 Å². The maximum atomic E-state index is 12.6. The number of ether oxygens (including phenoxy) is 1. The molecule has 0 radical (unpaired) electrons. The monoisotopic (exact) mass is 427 g/mol. The number of piperazine rings is 1. The van der Waals surface area contributed by atoms with Crippen molar-refractivity contribution >= 4 is 17.5 Å². The number of nitrogens with zero attached hydrogens (tertiary/aromatic N) is 2. The van der Waals surface area contributed by atoms with Crippen LogP contribution in [0.3, 0.4) is 0 Å². The van der Waals surface area contributed by atoms with Gasteiger partial charge in [-0.1, -0.05) is 32.1 Å². The third-order valence-corrected chi connectivity index (χ3v) is 7.03. The fourth-order valence-electron chi connectivity index (χ4n) is 5.16. The Hall–Kier alpha value is -2.08. The molecule has 2 fully saturated rings. The Labute approximate surface area is 186 Å². The molecule has 0 atom stereocenters. The summed E-state index contributed by atoms with van der Waals surface area (Å²) in [6.07, 6.45) is 12.1. The summed E-state index contributed by atoms with van der Waals surface area (Å²) in [6.45, 7) is 4.33. The van der Waals surface area contributed by atoms with E-state index in [1.165, 1.54) is 44.9 Å². The number of carbonyl (C=O) groups excluding carboxylic acids is 2. The minimum Gasteiger partial charge on any atom is -0.494 e. The SMILES string of the molecule is O=C1CCc2cc(OCCCC(=O)N3CCN(C4CCCCCCC4)CC3)ccc2N1. The van der Waals surface area contributed by atoms with Crippen molar-refractivity contribution in [2.75, 3.05) is 38.1 Å². The molecule has 2 heterocycles. The maximum absolute atomic E-state index is 12.6. The van der Waals surface area contributed by atoms with E-state index in [0.29, 0.717) is 19.4 Å². The predicted molar refractivity (Wildman–Crippen MR) is 122 cm³/mol. The summed E-state index contributed by atoms with van der Waals surface area (Å²) < 4.78 is 5.86. The van der Waals surface area contributed by atoms with Gasteiger partial charge in [-0.15, -0.1) is 0 Å². The molecule has 1 saturated heterocycles. The highest BCUT2D eigenvalue weighted by atomic mass is 16.5. The number of hydrogen-bond acceptors (Lipinski definition) is 4. The first kappa shape index (κ1) is 22.1. The number of amides is 2. The van der Waals surface area contributed by atoms with Gasteiger partial charge in [0.25, 0.3) is 0 Å². The molecule has 3 aliphatic rings. The van der Waals surface area contributed by atoms with E-state index in [1.807, 2.05) is 23.1 Å². The lowest BCUT2D eigenvalue weighted by Gasteiger charge is -2.40. The van der Waals surface area contributed by atoms with Gasteiger partial charge in [-0.05, 0) is 49.4 Å². The summed E-state index contributed by atoms with van der Waals surface area (Å²) in [7, 11) is 0. The molecule has 0 unspecified atom stereocenters. The number of benzene rings is 1. The lowest BCUT2D eigenvalue weighted by molar-refractivity contribution is -0.133. The number of rotatable bonds is 6. The van der Waals surface area contributed by atoms with Gasteiger partial charge in [0.15, 0.2) is 0 Å². The van der Waals surface area contributed by atoms with Crippen molar-refractivity contribution in [3.8, 4) is 5.75 Å². The molecule has 6 heteroatoms. The van der Waals surface area contributed by atoms with Crippen LogP contribution in [0.2, 0.25) is 0 Å². The fraction of sp³-hybridized carbons (Fsp3) is 0.680. The van der Waals surface area contributed by atoms with Crippen LogP contribution in [-0.2, 0) is 16.0 Å². The van der Waals surface area contributed by atoms with Crippen LogP contribution in [0.5, 0.6) is 5.75 Å². The highest BCUT2D eigenvalue weighted by Gasteiger charge is 2.26. The van der Waals surface area contributed by atoms with Crippen molar-refractivity contribution in [1.82, 2.24) is 9.80 Å². The molecule has 31 heavy (non-hydrogen) atoms. The van der Waals surface area contributed by atoms with E-state index in [4.69, 9.17) is 4.74 Å². The summed E-state index contributed by atoms with van der Waals surface area (Å²) in [5, 5.41) is 2.89. The minimum absolute atomic E-state index is 0.0743. The summed E-state index contributed by atoms with van der Waals surface area (Å²) in [5.74, 6) is 1.15. The molecule has 1 N–H and O–H groups in total. The fourth-order valence-corrected chi connectivity index (χ4v) is 5.16. The lowest BCUT2D eigenvalue weighted by atomic mass is 9.95. The Bertz CT molecular complexity index is 750. The van der Waals surface area contributed by atoms with E-state index >= 15 is 0 Å². The van der Waals surface area contributed by atoms with E-state index in [-0.39, 0.29) is 11.8 Å². The molecule has 2 aliphatic heterocycles. The molecule has 0 spiro atoms. The smallest absolute Gasteiger partial charge is 0.224 e. The minimum atomic E-state index is 0.0743. The van der Waals surface area contributed by atoms with Gasteiger partial charge in [0.1, 0.15) is 5.75 Å². The Morgan fingerprint density at radius 1 is 1.00 bits per heavy atom. The van der Waals surface area contributed by atoms with Crippen molar-refractivity contribution in [1.29, 1.82) is 0 Å². The van der Waals surface area contributed by atoms with Gasteiger partial charge in [0, 0.05) is 50.7 Å².